The molecular formula is C15H20ClNO3S. The molecule has 1 aromatic rings. The molecule has 4 nitrogen and oxygen atoms in total. The van der Waals surface area contributed by atoms with Crippen LogP contribution in [0.2, 0.25) is 5.02 Å². The molecule has 0 saturated heterocycles. The number of nitrogens with one attached hydrogen (secondary N) is 1. The van der Waals surface area contributed by atoms with Gasteiger partial charge in [0.05, 0.1) is 23.6 Å². The lowest BCUT2D eigenvalue weighted by Crippen LogP contribution is -2.26. The zero-order valence-electron chi connectivity index (χ0n) is 12.4. The molecule has 0 heterocycles. The maximum absolute atomic E-state index is 12.2. The van der Waals surface area contributed by atoms with E-state index in [1.165, 1.54) is 0 Å². The lowest BCUT2D eigenvalue weighted by molar-refractivity contribution is 0.305. The summed E-state index contributed by atoms with van der Waals surface area (Å²) in [5, 5.41) is 9.22. The Morgan fingerprint density at radius 3 is 2.57 bits per heavy atom. The fraction of sp³-hybridized carbons (Fsp3) is 0.467. The highest BCUT2D eigenvalue weighted by Crippen LogP contribution is 2.23. The van der Waals surface area contributed by atoms with E-state index in [1.54, 1.807) is 18.2 Å². The van der Waals surface area contributed by atoms with E-state index in [2.05, 4.69) is 16.6 Å². The second kappa shape index (κ2) is 7.17. The van der Waals surface area contributed by atoms with E-state index in [0.717, 1.165) is 0 Å². The smallest absolute Gasteiger partial charge is 0.233 e. The highest BCUT2D eigenvalue weighted by atomic mass is 35.5. The fourth-order valence-corrected chi connectivity index (χ4v) is 3.59. The minimum absolute atomic E-state index is 0.00609. The quantitative estimate of drug-likeness (QED) is 0.835. The van der Waals surface area contributed by atoms with Crippen molar-refractivity contribution in [2.75, 3.05) is 17.1 Å². The summed E-state index contributed by atoms with van der Waals surface area (Å²) in [6.07, 6.45) is 0.320. The maximum Gasteiger partial charge on any atom is 0.233 e. The molecule has 6 heteroatoms. The molecule has 0 radical (unpaired) electrons. The molecule has 0 atom stereocenters. The number of rotatable bonds is 4. The molecular weight excluding hydrogens is 310 g/mol. The van der Waals surface area contributed by atoms with Crippen molar-refractivity contribution in [3.05, 3.63) is 28.8 Å². The van der Waals surface area contributed by atoms with Crippen molar-refractivity contribution in [3.8, 4) is 11.8 Å². The first-order chi connectivity index (χ1) is 9.63. The molecule has 0 aliphatic heterocycles. The zero-order valence-corrected chi connectivity index (χ0v) is 14.0. The second-order valence-corrected chi connectivity index (χ2v) is 8.05. The number of sulfonamides is 1. The van der Waals surface area contributed by atoms with E-state index in [9.17, 15) is 8.42 Å². The second-order valence-electron chi connectivity index (χ2n) is 5.89. The SMILES string of the molecule is CC(C)(C)CS(=O)(=O)Nc1ccc(Cl)cc1C#CCCO. The van der Waals surface area contributed by atoms with E-state index in [-0.39, 0.29) is 17.8 Å². The number of anilines is 1. The Morgan fingerprint density at radius 1 is 1.33 bits per heavy atom. The third kappa shape index (κ3) is 6.85. The molecule has 0 fully saturated rings. The van der Waals surface area contributed by atoms with Crippen LogP contribution in [-0.4, -0.2) is 25.9 Å². The fourth-order valence-electron chi connectivity index (χ4n) is 1.70. The van der Waals surface area contributed by atoms with Crippen molar-refractivity contribution in [2.45, 2.75) is 27.2 Å². The van der Waals surface area contributed by atoms with E-state index < -0.39 is 10.0 Å². The third-order valence-electron chi connectivity index (χ3n) is 2.33. The predicted molar refractivity (Wildman–Crippen MR) is 86.9 cm³/mol. The number of hydrogen-bond donors (Lipinski definition) is 2. The number of benzene rings is 1. The van der Waals surface area contributed by atoms with Gasteiger partial charge in [-0.2, -0.15) is 0 Å². The predicted octanol–water partition coefficient (Wildman–Crippen LogP) is 2.86. The lowest BCUT2D eigenvalue weighted by Gasteiger charge is -2.19. The van der Waals surface area contributed by atoms with Gasteiger partial charge in [0.1, 0.15) is 0 Å². The molecule has 0 amide bonds. The summed E-state index contributed by atoms with van der Waals surface area (Å²) in [4.78, 5) is 0. The van der Waals surface area contributed by atoms with Crippen molar-refractivity contribution >= 4 is 27.3 Å². The van der Waals surface area contributed by atoms with Crippen LogP contribution in [0, 0.1) is 17.3 Å². The standard InChI is InChI=1S/C15H20ClNO3S/c1-15(2,3)11-21(19,20)17-14-8-7-13(16)10-12(14)6-4-5-9-18/h7-8,10,17-18H,5,9,11H2,1-3H3. The van der Waals surface area contributed by atoms with Gasteiger partial charge in [0.15, 0.2) is 0 Å². The summed E-state index contributed by atoms with van der Waals surface area (Å²) in [7, 11) is -3.47. The summed E-state index contributed by atoms with van der Waals surface area (Å²) < 4.78 is 26.8. The number of aliphatic hydroxyl groups is 1. The van der Waals surface area contributed by atoms with Crippen LogP contribution in [0.4, 0.5) is 5.69 Å². The molecule has 0 aliphatic rings. The lowest BCUT2D eigenvalue weighted by atomic mass is 10.0. The maximum atomic E-state index is 12.2. The molecule has 1 aromatic carbocycles. The highest BCUT2D eigenvalue weighted by molar-refractivity contribution is 7.92. The van der Waals surface area contributed by atoms with Crippen LogP contribution in [0.3, 0.4) is 0 Å². The zero-order chi connectivity index (χ0) is 16.1. The van der Waals surface area contributed by atoms with Gasteiger partial charge in [0.2, 0.25) is 10.0 Å². The van der Waals surface area contributed by atoms with E-state index in [4.69, 9.17) is 16.7 Å². The van der Waals surface area contributed by atoms with Crippen LogP contribution >= 0.6 is 11.6 Å². The first-order valence-corrected chi connectivity index (χ1v) is 8.56. The number of hydrogen-bond acceptors (Lipinski definition) is 3. The first-order valence-electron chi connectivity index (χ1n) is 6.53. The number of halogens is 1. The van der Waals surface area contributed by atoms with Gasteiger partial charge < -0.3 is 5.11 Å². The summed E-state index contributed by atoms with van der Waals surface area (Å²) in [5.74, 6) is 5.58. The first kappa shape index (κ1) is 17.8. The summed E-state index contributed by atoms with van der Waals surface area (Å²) in [6, 6.07) is 4.79. The van der Waals surface area contributed by atoms with E-state index in [0.29, 0.717) is 22.7 Å². The summed E-state index contributed by atoms with van der Waals surface area (Å²) in [6.45, 7) is 5.53. The molecule has 0 saturated carbocycles. The third-order valence-corrected chi connectivity index (χ3v) is 4.34. The van der Waals surface area contributed by atoms with Crippen LogP contribution in [0.15, 0.2) is 18.2 Å². The van der Waals surface area contributed by atoms with Crippen LogP contribution in [-0.2, 0) is 10.0 Å². The molecule has 0 unspecified atom stereocenters. The van der Waals surface area contributed by atoms with Crippen LogP contribution in [0.1, 0.15) is 32.8 Å². The molecule has 1 rings (SSSR count). The van der Waals surface area contributed by atoms with Crippen LogP contribution in [0.25, 0.3) is 0 Å². The average molecular weight is 330 g/mol. The Balaban J connectivity index is 3.06. The van der Waals surface area contributed by atoms with Crippen molar-refractivity contribution in [2.24, 2.45) is 5.41 Å². The molecule has 2 N–H and O–H groups in total. The molecule has 116 valence electrons. The molecule has 21 heavy (non-hydrogen) atoms. The Kier molecular flexibility index (Phi) is 6.09. The van der Waals surface area contributed by atoms with Crippen molar-refractivity contribution in [1.82, 2.24) is 0 Å². The van der Waals surface area contributed by atoms with Gasteiger partial charge in [-0.1, -0.05) is 44.2 Å². The van der Waals surface area contributed by atoms with Gasteiger partial charge in [-0.15, -0.1) is 0 Å². The number of aliphatic hydroxyl groups excluding tert-OH is 1. The topological polar surface area (TPSA) is 66.4 Å². The van der Waals surface area contributed by atoms with E-state index in [1.807, 2.05) is 20.8 Å². The van der Waals surface area contributed by atoms with Crippen LogP contribution in [0.5, 0.6) is 0 Å². The van der Waals surface area contributed by atoms with Crippen molar-refractivity contribution in [3.63, 3.8) is 0 Å². The molecule has 0 aliphatic carbocycles. The van der Waals surface area contributed by atoms with Crippen molar-refractivity contribution in [1.29, 1.82) is 0 Å². The monoisotopic (exact) mass is 329 g/mol. The van der Waals surface area contributed by atoms with Gasteiger partial charge in [0.25, 0.3) is 0 Å². The minimum atomic E-state index is -3.47. The van der Waals surface area contributed by atoms with Crippen LogP contribution < -0.4 is 4.72 Å². The molecule has 0 aromatic heterocycles. The van der Waals surface area contributed by atoms with Gasteiger partial charge in [0, 0.05) is 11.4 Å². The van der Waals surface area contributed by atoms with Gasteiger partial charge in [-0.3, -0.25) is 4.72 Å². The Morgan fingerprint density at radius 2 is 2.00 bits per heavy atom. The highest BCUT2D eigenvalue weighted by Gasteiger charge is 2.22. The summed E-state index contributed by atoms with van der Waals surface area (Å²) in [5.41, 5.74) is 0.545. The normalized spacial score (nSPS) is 11.7. The van der Waals surface area contributed by atoms with E-state index >= 15 is 0 Å². The van der Waals surface area contributed by atoms with Gasteiger partial charge in [-0.05, 0) is 23.6 Å². The van der Waals surface area contributed by atoms with Gasteiger partial charge in [-0.25, -0.2) is 8.42 Å². The Labute approximate surface area is 131 Å². The minimum Gasteiger partial charge on any atom is -0.395 e. The average Bonchev–Trinajstić information content (AvgIpc) is 2.29. The molecule has 0 spiro atoms. The Bertz CT molecular complexity index is 652. The molecule has 0 bridgehead atoms. The largest absolute Gasteiger partial charge is 0.395 e. The Hall–Kier alpha value is -1.22. The summed E-state index contributed by atoms with van der Waals surface area (Å²) >= 11 is 5.91. The van der Waals surface area contributed by atoms with Gasteiger partial charge >= 0.3 is 0 Å². The van der Waals surface area contributed by atoms with Crippen molar-refractivity contribution < 1.29 is 13.5 Å².